The lowest BCUT2D eigenvalue weighted by atomic mass is 9.85. The minimum absolute atomic E-state index is 0.0163. The molecule has 6 heterocycles. The summed E-state index contributed by atoms with van der Waals surface area (Å²) in [5.41, 5.74) is 10.3. The highest BCUT2D eigenvalue weighted by molar-refractivity contribution is 6.00. The van der Waals surface area contributed by atoms with Gasteiger partial charge < -0.3 is 15.7 Å². The molecule has 0 spiro atoms. The van der Waals surface area contributed by atoms with Gasteiger partial charge in [-0.1, -0.05) is 6.07 Å². The van der Waals surface area contributed by atoms with E-state index in [4.69, 9.17) is 14.8 Å². The van der Waals surface area contributed by atoms with Crippen molar-refractivity contribution in [3.05, 3.63) is 48.0 Å². The lowest BCUT2D eigenvalue weighted by Gasteiger charge is -2.39. The first kappa shape index (κ1) is 20.0. The monoisotopic (exact) mass is 503 g/mol. The van der Waals surface area contributed by atoms with Gasteiger partial charge in [-0.25, -0.2) is 4.98 Å². The summed E-state index contributed by atoms with van der Waals surface area (Å²) in [5, 5.41) is 18.0. The Morgan fingerprint density at radius 3 is 2.57 bits per heavy atom. The number of nitrogen functional groups attached to an aromatic ring is 1. The van der Waals surface area contributed by atoms with Crippen molar-refractivity contribution in [1.82, 2.24) is 34.3 Å². The molecular weight excluding hydrogens is 472 g/mol. The number of carbonyl (C=O) groups is 2. The van der Waals surface area contributed by atoms with Gasteiger partial charge in [0, 0.05) is 52.6 Å². The number of rotatable bonds is 5. The second-order valence-electron chi connectivity index (χ2n) is 9.70. The van der Waals surface area contributed by atoms with Crippen molar-refractivity contribution in [3.8, 4) is 22.5 Å². The molecule has 0 aliphatic carbocycles. The fourth-order valence-electron chi connectivity index (χ4n) is 5.95. The third-order valence-corrected chi connectivity index (χ3v) is 7.53. The zero-order chi connectivity index (χ0) is 28.3. The molecule has 2 saturated heterocycles. The van der Waals surface area contributed by atoms with Gasteiger partial charge in [0.05, 0.1) is 23.1 Å². The van der Waals surface area contributed by atoms with E-state index in [1.165, 1.54) is 17.6 Å². The zero-order valence-electron chi connectivity index (χ0n) is 23.2. The van der Waals surface area contributed by atoms with Gasteiger partial charge in [-0.05, 0) is 44.7 Å². The van der Waals surface area contributed by atoms with Crippen LogP contribution >= 0.6 is 0 Å². The van der Waals surface area contributed by atoms with Gasteiger partial charge in [0.15, 0.2) is 11.4 Å². The minimum Gasteiger partial charge on any atom is -0.387 e. The molecule has 4 aromatic rings. The number of Topliss-reactive ketones (excluding diaryl/α,β-unsaturated/α-hetero) is 1. The molecule has 0 unspecified atom stereocenters. The molecule has 0 radical (unpaired) electrons. The summed E-state index contributed by atoms with van der Waals surface area (Å²) < 4.78 is 24.9. The van der Waals surface area contributed by atoms with E-state index in [1.54, 1.807) is 29.4 Å². The average molecular weight is 504 g/mol. The van der Waals surface area contributed by atoms with Crippen LogP contribution in [0.1, 0.15) is 58.7 Å². The first-order valence-corrected chi connectivity index (χ1v) is 12.2. The highest BCUT2D eigenvalue weighted by Crippen LogP contribution is 2.44. The number of aromatic nitrogens is 6. The summed E-state index contributed by atoms with van der Waals surface area (Å²) in [6, 6.07) is 5.12. The van der Waals surface area contributed by atoms with Crippen LogP contribution in [0.15, 0.2) is 36.8 Å². The molecule has 3 N–H and O–H groups in total. The van der Waals surface area contributed by atoms with E-state index in [2.05, 4.69) is 15.2 Å². The highest BCUT2D eigenvalue weighted by Gasteiger charge is 2.44. The second kappa shape index (κ2) is 8.77. The van der Waals surface area contributed by atoms with Crippen LogP contribution in [0.4, 0.5) is 5.82 Å². The molecule has 37 heavy (non-hydrogen) atoms. The maximum absolute atomic E-state index is 12.8. The Bertz CT molecular complexity index is 1610. The quantitative estimate of drug-likeness (QED) is 0.394. The average Bonchev–Trinajstić information content (AvgIpc) is 3.64. The molecule has 1 amide bonds. The van der Waals surface area contributed by atoms with E-state index in [0.29, 0.717) is 52.3 Å². The number of nitrogens with zero attached hydrogens (tertiary/aromatic N) is 7. The Morgan fingerprint density at radius 2 is 1.95 bits per heavy atom. The maximum Gasteiger partial charge on any atom is 0.248 e. The Kier molecular flexibility index (Phi) is 4.74. The number of nitrogens with two attached hydrogens (primary N) is 1. The smallest absolute Gasteiger partial charge is 0.248 e. The molecule has 2 fully saturated rings. The van der Waals surface area contributed by atoms with Crippen molar-refractivity contribution in [3.63, 3.8) is 0 Å². The number of hydrogen-bond donors (Lipinski definition) is 2. The fourth-order valence-corrected chi connectivity index (χ4v) is 5.95. The van der Waals surface area contributed by atoms with Gasteiger partial charge in [0.25, 0.3) is 0 Å². The van der Waals surface area contributed by atoms with Gasteiger partial charge in [0.1, 0.15) is 18.1 Å². The van der Waals surface area contributed by atoms with Crippen molar-refractivity contribution in [2.75, 3.05) is 12.3 Å². The predicted octanol–water partition coefficient (Wildman–Crippen LogP) is 2.21. The normalized spacial score (nSPS) is 22.6. The number of ketones is 1. The summed E-state index contributed by atoms with van der Waals surface area (Å²) in [6.07, 6.45) is 7.61. The first-order valence-electron chi connectivity index (χ1n) is 13.7. The number of aryl methyl sites for hydroxylation is 1. The van der Waals surface area contributed by atoms with E-state index in [0.717, 1.165) is 17.5 Å². The largest absolute Gasteiger partial charge is 0.387 e. The lowest BCUT2D eigenvalue weighted by molar-refractivity contribution is -0.138. The van der Waals surface area contributed by atoms with Gasteiger partial charge in [-0.3, -0.25) is 19.3 Å². The summed E-state index contributed by atoms with van der Waals surface area (Å²) in [4.78, 5) is 36.3. The Balaban J connectivity index is 1.37. The topological polar surface area (TPSA) is 145 Å². The SMILES string of the molecule is [2H]C([2H])([2H])n1ccc(-c2ccc(-c3cnn4c(N)c(C(C)=O)c([C@H]5C[C@H]6CC[C@@H](C5)N6C(=O)CO)nc34)cn2)n1. The number of piperidine rings is 1. The molecule has 3 atom stereocenters. The fraction of sp³-hybridized carbons (Fsp3) is 0.385. The van der Waals surface area contributed by atoms with Crippen LogP contribution in [0.3, 0.4) is 0 Å². The first-order chi connectivity index (χ1) is 19.1. The van der Waals surface area contributed by atoms with E-state index in [9.17, 15) is 14.7 Å². The molecule has 2 bridgehead atoms. The van der Waals surface area contributed by atoms with Crippen molar-refractivity contribution in [1.29, 1.82) is 0 Å². The Morgan fingerprint density at radius 1 is 1.16 bits per heavy atom. The van der Waals surface area contributed by atoms with Crippen LogP contribution in [-0.4, -0.2) is 69.7 Å². The van der Waals surface area contributed by atoms with E-state index >= 15 is 0 Å². The van der Waals surface area contributed by atoms with Gasteiger partial charge in [-0.15, -0.1) is 0 Å². The number of aliphatic hydroxyl groups is 1. The molecule has 190 valence electrons. The van der Waals surface area contributed by atoms with Crippen molar-refractivity contribution in [2.45, 2.75) is 50.6 Å². The summed E-state index contributed by atoms with van der Waals surface area (Å²) >= 11 is 0. The van der Waals surface area contributed by atoms with E-state index in [-0.39, 0.29) is 35.5 Å². The van der Waals surface area contributed by atoms with Gasteiger partial charge in [0.2, 0.25) is 5.91 Å². The number of anilines is 1. The standard InChI is InChI=1S/C26H28N8O3/c1-14(36)23-24(16-9-17-4-5-18(10-16)33(17)22(37)13-35)30-26-19(12-29-34(26)25(23)27)15-3-6-20(28-11-15)21-7-8-32(2)31-21/h3,6-8,11-12,16-18,35H,4-5,9-10,13,27H2,1-2H3/t16-,17+,18-/i2D3. The summed E-state index contributed by atoms with van der Waals surface area (Å²) in [7, 11) is 0. The molecule has 11 heteroatoms. The minimum atomic E-state index is -2.37. The summed E-state index contributed by atoms with van der Waals surface area (Å²) in [5.74, 6) is -0.342. The van der Waals surface area contributed by atoms with Crippen LogP contribution in [-0.2, 0) is 11.8 Å². The van der Waals surface area contributed by atoms with Gasteiger partial charge in [-0.2, -0.15) is 14.7 Å². The molecule has 2 aliphatic heterocycles. The van der Waals surface area contributed by atoms with Crippen LogP contribution in [0.5, 0.6) is 0 Å². The third kappa shape index (κ3) is 3.77. The summed E-state index contributed by atoms with van der Waals surface area (Å²) in [6.45, 7) is -1.43. The Labute approximate surface area is 217 Å². The molecule has 11 nitrogen and oxygen atoms in total. The van der Waals surface area contributed by atoms with Crippen LogP contribution in [0.2, 0.25) is 0 Å². The number of aliphatic hydroxyl groups excluding tert-OH is 1. The highest BCUT2D eigenvalue weighted by atomic mass is 16.3. The molecule has 0 saturated carbocycles. The third-order valence-electron chi connectivity index (χ3n) is 7.53. The lowest BCUT2D eigenvalue weighted by Crippen LogP contribution is -2.47. The predicted molar refractivity (Wildman–Crippen MR) is 136 cm³/mol. The Hall–Kier alpha value is -4.12. The van der Waals surface area contributed by atoms with Crippen molar-refractivity contribution < 1.29 is 18.8 Å². The van der Waals surface area contributed by atoms with E-state index < -0.39 is 13.6 Å². The molecule has 0 aromatic carbocycles. The molecule has 4 aromatic heterocycles. The van der Waals surface area contributed by atoms with Crippen LogP contribution in [0, 0.1) is 0 Å². The number of hydrogen-bond acceptors (Lipinski definition) is 8. The van der Waals surface area contributed by atoms with Crippen LogP contribution < -0.4 is 5.73 Å². The molecule has 2 aliphatic rings. The zero-order valence-corrected chi connectivity index (χ0v) is 20.2. The van der Waals surface area contributed by atoms with Crippen molar-refractivity contribution in [2.24, 2.45) is 6.98 Å². The van der Waals surface area contributed by atoms with Crippen LogP contribution in [0.25, 0.3) is 28.2 Å². The number of amides is 1. The molecule has 6 rings (SSSR count). The second-order valence-corrected chi connectivity index (χ2v) is 9.70. The number of pyridine rings is 1. The number of fused-ring (bicyclic) bond motifs is 3. The molecular formula is C26H28N8O3. The van der Waals surface area contributed by atoms with E-state index in [1.807, 2.05) is 6.07 Å². The maximum atomic E-state index is 12.8. The van der Waals surface area contributed by atoms with Crippen molar-refractivity contribution >= 4 is 23.2 Å². The van der Waals surface area contributed by atoms with Gasteiger partial charge >= 0.3 is 0 Å². The number of carbonyl (C=O) groups excluding carboxylic acids is 2.